The lowest BCUT2D eigenvalue weighted by atomic mass is 10.2. The van der Waals surface area contributed by atoms with Crippen molar-refractivity contribution >= 4 is 33.2 Å². The fourth-order valence-corrected chi connectivity index (χ4v) is 2.00. The van der Waals surface area contributed by atoms with E-state index in [1.54, 1.807) is 6.92 Å². The van der Waals surface area contributed by atoms with E-state index in [2.05, 4.69) is 26.3 Å². The molecule has 2 rings (SSSR count). The molecule has 3 N–H and O–H groups in total. The summed E-state index contributed by atoms with van der Waals surface area (Å²) >= 11 is 2.86. The molecule has 0 aliphatic heterocycles. The normalized spacial score (nSPS) is 10.6. The van der Waals surface area contributed by atoms with Crippen LogP contribution in [0.1, 0.15) is 17.4 Å². The van der Waals surface area contributed by atoms with Crippen molar-refractivity contribution in [2.45, 2.75) is 13.5 Å². The van der Waals surface area contributed by atoms with Crippen molar-refractivity contribution in [1.29, 1.82) is 0 Å². The molecule has 2 aromatic rings. The molecule has 5 nitrogen and oxygen atoms in total. The van der Waals surface area contributed by atoms with Crippen LogP contribution >= 0.6 is 15.9 Å². The average Bonchev–Trinajstić information content (AvgIpc) is 2.77. The van der Waals surface area contributed by atoms with Crippen LogP contribution in [0.15, 0.2) is 22.8 Å². The van der Waals surface area contributed by atoms with Crippen molar-refractivity contribution in [3.63, 3.8) is 0 Å². The molecular weight excluding hydrogens is 334 g/mol. The van der Waals surface area contributed by atoms with Crippen LogP contribution < -0.4 is 11.1 Å². The Labute approximate surface area is 121 Å². The van der Waals surface area contributed by atoms with Gasteiger partial charge in [-0.25, -0.2) is 8.78 Å². The van der Waals surface area contributed by atoms with E-state index in [1.807, 2.05) is 0 Å². The number of rotatable bonds is 3. The third kappa shape index (κ3) is 2.64. The second-order valence-corrected chi connectivity index (χ2v) is 4.82. The lowest BCUT2D eigenvalue weighted by Crippen LogP contribution is -2.19. The summed E-state index contributed by atoms with van der Waals surface area (Å²) in [6.07, 6.45) is 1.33. The zero-order valence-electron chi connectivity index (χ0n) is 10.5. The monoisotopic (exact) mass is 344 g/mol. The van der Waals surface area contributed by atoms with Gasteiger partial charge in [-0.05, 0) is 28.9 Å². The Bertz CT molecular complexity index is 672. The zero-order chi connectivity index (χ0) is 14.9. The maximum absolute atomic E-state index is 13.7. The number of carbonyl (C=O) groups excluding carboxylic acids is 1. The standard InChI is InChI=1S/C12H11BrF2N4O/c1-2-19-11(9(16)5-17-19)12(20)18-10-4-7(14)6(13)3-8(10)15/h3-5H,2,16H2,1H3,(H,18,20). The Hall–Kier alpha value is -1.96. The summed E-state index contributed by atoms with van der Waals surface area (Å²) < 4.78 is 28.4. The first-order chi connectivity index (χ1) is 9.43. The number of carbonyl (C=O) groups is 1. The van der Waals surface area contributed by atoms with Crippen LogP contribution in [0.2, 0.25) is 0 Å². The third-order valence-corrected chi connectivity index (χ3v) is 3.25. The van der Waals surface area contributed by atoms with Gasteiger partial charge in [0, 0.05) is 12.6 Å². The first-order valence-corrected chi connectivity index (χ1v) is 6.50. The summed E-state index contributed by atoms with van der Waals surface area (Å²) in [5.74, 6) is -2.09. The summed E-state index contributed by atoms with van der Waals surface area (Å²) in [5, 5.41) is 6.19. The number of benzene rings is 1. The molecule has 0 aliphatic rings. The van der Waals surface area contributed by atoms with Crippen LogP contribution in [0, 0.1) is 11.6 Å². The van der Waals surface area contributed by atoms with Gasteiger partial charge in [-0.2, -0.15) is 5.10 Å². The van der Waals surface area contributed by atoms with E-state index in [0.717, 1.165) is 12.1 Å². The zero-order valence-corrected chi connectivity index (χ0v) is 12.0. The van der Waals surface area contributed by atoms with E-state index < -0.39 is 17.5 Å². The molecule has 0 radical (unpaired) electrons. The van der Waals surface area contributed by atoms with Crippen LogP contribution in [-0.4, -0.2) is 15.7 Å². The number of nitrogen functional groups attached to an aromatic ring is 1. The quantitative estimate of drug-likeness (QED) is 0.841. The van der Waals surface area contributed by atoms with Crippen molar-refractivity contribution in [3.05, 3.63) is 40.1 Å². The van der Waals surface area contributed by atoms with E-state index in [-0.39, 0.29) is 21.5 Å². The maximum Gasteiger partial charge on any atom is 0.276 e. The number of nitrogens with two attached hydrogens (primary N) is 1. The molecule has 0 unspecified atom stereocenters. The lowest BCUT2D eigenvalue weighted by Gasteiger charge is -2.09. The molecule has 1 aromatic heterocycles. The minimum Gasteiger partial charge on any atom is -0.396 e. The van der Waals surface area contributed by atoms with Crippen LogP contribution in [-0.2, 0) is 6.54 Å². The third-order valence-electron chi connectivity index (χ3n) is 2.64. The SMILES string of the molecule is CCn1ncc(N)c1C(=O)Nc1cc(F)c(Br)cc1F. The molecule has 1 amide bonds. The van der Waals surface area contributed by atoms with E-state index >= 15 is 0 Å². The molecule has 1 aromatic carbocycles. The smallest absolute Gasteiger partial charge is 0.276 e. The predicted octanol–water partition coefficient (Wildman–Crippen LogP) is 2.78. The van der Waals surface area contributed by atoms with Gasteiger partial charge in [-0.3, -0.25) is 9.48 Å². The predicted molar refractivity (Wildman–Crippen MR) is 74.3 cm³/mol. The summed E-state index contributed by atoms with van der Waals surface area (Å²) in [7, 11) is 0. The molecule has 0 fully saturated rings. The van der Waals surface area contributed by atoms with Gasteiger partial charge in [0.15, 0.2) is 0 Å². The summed E-state index contributed by atoms with van der Waals surface area (Å²) in [4.78, 5) is 12.1. The van der Waals surface area contributed by atoms with Gasteiger partial charge < -0.3 is 11.1 Å². The van der Waals surface area contributed by atoms with Crippen molar-refractivity contribution in [3.8, 4) is 0 Å². The van der Waals surface area contributed by atoms with Crippen molar-refractivity contribution in [1.82, 2.24) is 9.78 Å². The fraction of sp³-hybridized carbons (Fsp3) is 0.167. The van der Waals surface area contributed by atoms with Crippen LogP contribution in [0.25, 0.3) is 0 Å². The lowest BCUT2D eigenvalue weighted by molar-refractivity contribution is 0.101. The molecule has 0 atom stereocenters. The van der Waals surface area contributed by atoms with Gasteiger partial charge in [-0.15, -0.1) is 0 Å². The summed E-state index contributed by atoms with van der Waals surface area (Å²) in [6, 6.07) is 1.82. The van der Waals surface area contributed by atoms with Gasteiger partial charge >= 0.3 is 0 Å². The van der Waals surface area contributed by atoms with E-state index in [0.29, 0.717) is 6.54 Å². The highest BCUT2D eigenvalue weighted by Crippen LogP contribution is 2.24. The number of anilines is 2. The molecule has 0 bridgehead atoms. The Morgan fingerprint density at radius 1 is 1.45 bits per heavy atom. The molecule has 0 aliphatic carbocycles. The second kappa shape index (κ2) is 5.58. The maximum atomic E-state index is 13.7. The molecule has 8 heteroatoms. The number of aryl methyl sites for hydroxylation is 1. The average molecular weight is 345 g/mol. The van der Waals surface area contributed by atoms with Crippen LogP contribution in [0.5, 0.6) is 0 Å². The van der Waals surface area contributed by atoms with E-state index in [1.165, 1.54) is 10.9 Å². The summed E-state index contributed by atoms with van der Waals surface area (Å²) in [5.41, 5.74) is 5.65. The number of aromatic nitrogens is 2. The molecule has 106 valence electrons. The van der Waals surface area contributed by atoms with Gasteiger partial charge in [0.25, 0.3) is 5.91 Å². The first kappa shape index (κ1) is 14.4. The molecule has 1 heterocycles. The van der Waals surface area contributed by atoms with Crippen LogP contribution in [0.3, 0.4) is 0 Å². The molecule has 0 spiro atoms. The largest absolute Gasteiger partial charge is 0.396 e. The molecule has 20 heavy (non-hydrogen) atoms. The Balaban J connectivity index is 2.33. The fourth-order valence-electron chi connectivity index (χ4n) is 1.69. The van der Waals surface area contributed by atoms with Crippen molar-refractivity contribution in [2.24, 2.45) is 0 Å². The highest BCUT2D eigenvalue weighted by atomic mass is 79.9. The Kier molecular flexibility index (Phi) is 4.03. The van der Waals surface area contributed by atoms with Gasteiger partial charge in [0.2, 0.25) is 0 Å². The Morgan fingerprint density at radius 3 is 2.80 bits per heavy atom. The number of hydrogen-bond donors (Lipinski definition) is 2. The number of hydrogen-bond acceptors (Lipinski definition) is 3. The van der Waals surface area contributed by atoms with E-state index in [4.69, 9.17) is 5.73 Å². The highest BCUT2D eigenvalue weighted by Gasteiger charge is 2.18. The van der Waals surface area contributed by atoms with Crippen LogP contribution in [0.4, 0.5) is 20.2 Å². The number of halogens is 3. The topological polar surface area (TPSA) is 72.9 Å². The second-order valence-electron chi connectivity index (χ2n) is 3.96. The van der Waals surface area contributed by atoms with Gasteiger partial charge in [0.05, 0.1) is 22.0 Å². The minimum atomic E-state index is -0.757. The highest BCUT2D eigenvalue weighted by molar-refractivity contribution is 9.10. The molecule has 0 saturated heterocycles. The van der Waals surface area contributed by atoms with Crippen molar-refractivity contribution in [2.75, 3.05) is 11.1 Å². The minimum absolute atomic E-state index is 0.0221. The van der Waals surface area contributed by atoms with Crippen molar-refractivity contribution < 1.29 is 13.6 Å². The summed E-state index contributed by atoms with van der Waals surface area (Å²) in [6.45, 7) is 2.21. The number of nitrogens with one attached hydrogen (secondary N) is 1. The Morgan fingerprint density at radius 2 is 2.15 bits per heavy atom. The van der Waals surface area contributed by atoms with E-state index in [9.17, 15) is 13.6 Å². The first-order valence-electron chi connectivity index (χ1n) is 5.71. The van der Waals surface area contributed by atoms with Gasteiger partial charge in [-0.1, -0.05) is 0 Å². The van der Waals surface area contributed by atoms with Gasteiger partial charge in [0.1, 0.15) is 17.3 Å². The number of amides is 1. The molecular formula is C12H11BrF2N4O. The molecule has 0 saturated carbocycles. The number of nitrogens with zero attached hydrogens (tertiary/aromatic N) is 2.